The van der Waals surface area contributed by atoms with Crippen LogP contribution >= 0.6 is 0 Å². The first-order chi connectivity index (χ1) is 10.8. The zero-order valence-electron chi connectivity index (χ0n) is 13.5. The van der Waals surface area contributed by atoms with Crippen molar-refractivity contribution in [3.05, 3.63) is 47.8 Å². The molecule has 6 nitrogen and oxygen atoms in total. The van der Waals surface area contributed by atoms with E-state index in [1.807, 2.05) is 13.8 Å². The van der Waals surface area contributed by atoms with Gasteiger partial charge in [-0.2, -0.15) is 5.10 Å². The Morgan fingerprint density at radius 3 is 2.52 bits per heavy atom. The molecule has 1 atom stereocenters. The first-order valence-corrected chi connectivity index (χ1v) is 9.10. The number of hydrogen-bond acceptors (Lipinski definition) is 4. The molecule has 7 heteroatoms. The molecule has 0 aliphatic carbocycles. The molecule has 0 fully saturated rings. The molecule has 0 bridgehead atoms. The lowest BCUT2D eigenvalue weighted by molar-refractivity contribution is 0.0943. The molecule has 23 heavy (non-hydrogen) atoms. The fourth-order valence-corrected chi connectivity index (χ4v) is 3.66. The molecule has 1 amide bonds. The largest absolute Gasteiger partial charge is 0.348 e. The summed E-state index contributed by atoms with van der Waals surface area (Å²) in [4.78, 5) is 12.4. The van der Waals surface area contributed by atoms with Gasteiger partial charge in [0.05, 0.1) is 22.4 Å². The lowest BCUT2D eigenvalue weighted by Crippen LogP contribution is -2.37. The Kier molecular flexibility index (Phi) is 5.20. The number of benzene rings is 1. The Labute approximate surface area is 136 Å². The van der Waals surface area contributed by atoms with Gasteiger partial charge < -0.3 is 5.32 Å². The van der Waals surface area contributed by atoms with E-state index >= 15 is 0 Å². The van der Waals surface area contributed by atoms with Crippen LogP contribution in [0.15, 0.2) is 41.6 Å². The average Bonchev–Trinajstić information content (AvgIpc) is 2.96. The minimum Gasteiger partial charge on any atom is -0.348 e. The SMILES string of the molecule is CCn1cc(C(=O)N[C@H](C)CS(=O)(=O)c2ccc(C)cc2)cn1. The highest BCUT2D eigenvalue weighted by Gasteiger charge is 2.20. The van der Waals surface area contributed by atoms with Gasteiger partial charge in [-0.15, -0.1) is 0 Å². The summed E-state index contributed by atoms with van der Waals surface area (Å²) in [5.41, 5.74) is 1.42. The van der Waals surface area contributed by atoms with Crippen molar-refractivity contribution >= 4 is 15.7 Å². The lowest BCUT2D eigenvalue weighted by atomic mass is 10.2. The van der Waals surface area contributed by atoms with Crippen LogP contribution in [0.5, 0.6) is 0 Å². The highest BCUT2D eigenvalue weighted by molar-refractivity contribution is 7.91. The molecule has 2 aromatic rings. The molecule has 0 radical (unpaired) electrons. The van der Waals surface area contributed by atoms with Gasteiger partial charge in [-0.3, -0.25) is 9.48 Å². The first kappa shape index (κ1) is 17.2. The van der Waals surface area contributed by atoms with Crippen LogP contribution in [0.1, 0.15) is 29.8 Å². The van der Waals surface area contributed by atoms with Crippen LogP contribution in [0.2, 0.25) is 0 Å². The van der Waals surface area contributed by atoms with E-state index in [2.05, 4.69) is 10.4 Å². The smallest absolute Gasteiger partial charge is 0.254 e. The zero-order chi connectivity index (χ0) is 17.0. The van der Waals surface area contributed by atoms with Gasteiger partial charge in [0.25, 0.3) is 5.91 Å². The van der Waals surface area contributed by atoms with E-state index in [-0.39, 0.29) is 16.6 Å². The molecule has 1 aromatic heterocycles. The minimum atomic E-state index is -3.44. The van der Waals surface area contributed by atoms with Crippen LogP contribution in [0.25, 0.3) is 0 Å². The Bertz CT molecular complexity index is 779. The maximum Gasteiger partial charge on any atom is 0.254 e. The number of nitrogens with one attached hydrogen (secondary N) is 1. The van der Waals surface area contributed by atoms with Crippen molar-refractivity contribution in [3.63, 3.8) is 0 Å². The molecular formula is C16H21N3O3S. The van der Waals surface area contributed by atoms with E-state index in [0.717, 1.165) is 5.56 Å². The summed E-state index contributed by atoms with van der Waals surface area (Å²) in [6, 6.07) is 6.19. The van der Waals surface area contributed by atoms with Crippen LogP contribution in [0, 0.1) is 6.92 Å². The average molecular weight is 335 g/mol. The fraction of sp³-hybridized carbons (Fsp3) is 0.375. The number of amides is 1. The molecule has 0 saturated carbocycles. The molecule has 0 unspecified atom stereocenters. The second-order valence-electron chi connectivity index (χ2n) is 5.55. The normalized spacial score (nSPS) is 12.8. The number of nitrogens with zero attached hydrogens (tertiary/aromatic N) is 2. The minimum absolute atomic E-state index is 0.149. The maximum absolute atomic E-state index is 12.4. The van der Waals surface area contributed by atoms with Crippen molar-refractivity contribution in [1.82, 2.24) is 15.1 Å². The summed E-state index contributed by atoms with van der Waals surface area (Å²) >= 11 is 0. The van der Waals surface area contributed by atoms with E-state index in [4.69, 9.17) is 0 Å². The second kappa shape index (κ2) is 6.95. The highest BCUT2D eigenvalue weighted by Crippen LogP contribution is 2.13. The molecule has 0 aliphatic rings. The summed E-state index contributed by atoms with van der Waals surface area (Å²) in [5, 5.41) is 6.73. The zero-order valence-corrected chi connectivity index (χ0v) is 14.3. The first-order valence-electron chi connectivity index (χ1n) is 7.44. The molecule has 2 rings (SSSR count). The van der Waals surface area contributed by atoms with E-state index < -0.39 is 15.9 Å². The van der Waals surface area contributed by atoms with Gasteiger partial charge in [-0.1, -0.05) is 17.7 Å². The molecule has 0 saturated heterocycles. The number of hydrogen-bond donors (Lipinski definition) is 1. The maximum atomic E-state index is 12.4. The predicted molar refractivity (Wildman–Crippen MR) is 88.1 cm³/mol. The van der Waals surface area contributed by atoms with Gasteiger partial charge in [-0.25, -0.2) is 8.42 Å². The highest BCUT2D eigenvalue weighted by atomic mass is 32.2. The Morgan fingerprint density at radius 2 is 1.96 bits per heavy atom. The second-order valence-corrected chi connectivity index (χ2v) is 7.59. The number of rotatable bonds is 6. The Balaban J connectivity index is 2.02. The third kappa shape index (κ3) is 4.41. The van der Waals surface area contributed by atoms with Crippen molar-refractivity contribution in [2.45, 2.75) is 38.3 Å². The number of carbonyl (C=O) groups is 1. The number of aryl methyl sites for hydroxylation is 2. The van der Waals surface area contributed by atoms with Crippen molar-refractivity contribution in [2.75, 3.05) is 5.75 Å². The van der Waals surface area contributed by atoms with Gasteiger partial charge in [0.15, 0.2) is 9.84 Å². The Hall–Kier alpha value is -2.15. The summed E-state index contributed by atoms with van der Waals surface area (Å²) in [7, 11) is -3.44. The predicted octanol–water partition coefficient (Wildman–Crippen LogP) is 1.80. The van der Waals surface area contributed by atoms with Crippen molar-refractivity contribution in [2.24, 2.45) is 0 Å². The molecule has 0 spiro atoms. The fourth-order valence-electron chi connectivity index (χ4n) is 2.17. The van der Waals surface area contributed by atoms with Gasteiger partial charge in [0, 0.05) is 18.8 Å². The van der Waals surface area contributed by atoms with Gasteiger partial charge >= 0.3 is 0 Å². The molecule has 1 N–H and O–H groups in total. The van der Waals surface area contributed by atoms with Crippen molar-refractivity contribution in [1.29, 1.82) is 0 Å². The van der Waals surface area contributed by atoms with Crippen molar-refractivity contribution < 1.29 is 13.2 Å². The molecule has 1 heterocycles. The van der Waals surface area contributed by atoms with Crippen LogP contribution < -0.4 is 5.32 Å². The van der Waals surface area contributed by atoms with E-state index in [9.17, 15) is 13.2 Å². The van der Waals surface area contributed by atoms with Crippen LogP contribution in [-0.4, -0.2) is 35.9 Å². The third-order valence-electron chi connectivity index (χ3n) is 3.45. The van der Waals surface area contributed by atoms with Gasteiger partial charge in [-0.05, 0) is 32.9 Å². The van der Waals surface area contributed by atoms with E-state index in [1.54, 1.807) is 42.1 Å². The summed E-state index contributed by atoms with van der Waals surface area (Å²) in [5.74, 6) is -0.472. The monoisotopic (exact) mass is 335 g/mol. The van der Waals surface area contributed by atoms with Gasteiger partial charge in [0.2, 0.25) is 0 Å². The summed E-state index contributed by atoms with van der Waals surface area (Å²) in [6.07, 6.45) is 3.11. The molecule has 1 aromatic carbocycles. The molecular weight excluding hydrogens is 314 g/mol. The Morgan fingerprint density at radius 1 is 1.30 bits per heavy atom. The number of sulfone groups is 1. The van der Waals surface area contributed by atoms with Crippen LogP contribution in [0.3, 0.4) is 0 Å². The summed E-state index contributed by atoms with van der Waals surface area (Å²) < 4.78 is 26.4. The summed E-state index contributed by atoms with van der Waals surface area (Å²) in [6.45, 7) is 6.17. The topological polar surface area (TPSA) is 81.1 Å². The third-order valence-corrected chi connectivity index (χ3v) is 5.38. The standard InChI is InChI=1S/C16H21N3O3S/c1-4-19-10-14(9-17-19)16(20)18-13(3)11-23(21,22)15-7-5-12(2)6-8-15/h5-10,13H,4,11H2,1-3H3,(H,18,20)/t13-/m1/s1. The quantitative estimate of drug-likeness (QED) is 0.873. The molecule has 0 aliphatic heterocycles. The molecule has 124 valence electrons. The van der Waals surface area contributed by atoms with E-state index in [0.29, 0.717) is 12.1 Å². The number of aromatic nitrogens is 2. The van der Waals surface area contributed by atoms with Crippen LogP contribution in [-0.2, 0) is 16.4 Å². The van der Waals surface area contributed by atoms with Crippen molar-refractivity contribution in [3.8, 4) is 0 Å². The van der Waals surface area contributed by atoms with E-state index in [1.165, 1.54) is 6.20 Å². The van der Waals surface area contributed by atoms with Gasteiger partial charge in [0.1, 0.15) is 0 Å². The number of carbonyl (C=O) groups excluding carboxylic acids is 1. The van der Waals surface area contributed by atoms with Crippen LogP contribution in [0.4, 0.5) is 0 Å². The lowest BCUT2D eigenvalue weighted by Gasteiger charge is -2.14.